The predicted molar refractivity (Wildman–Crippen MR) is 92.8 cm³/mol. The van der Waals surface area contributed by atoms with Crippen molar-refractivity contribution in [3.05, 3.63) is 58.4 Å². The van der Waals surface area contributed by atoms with Crippen molar-refractivity contribution in [2.24, 2.45) is 0 Å². The molecule has 6 nitrogen and oxygen atoms in total. The summed E-state index contributed by atoms with van der Waals surface area (Å²) in [6.07, 6.45) is 0. The molecule has 0 spiro atoms. The van der Waals surface area contributed by atoms with E-state index in [0.717, 1.165) is 0 Å². The van der Waals surface area contributed by atoms with Gasteiger partial charge in [0.05, 0.1) is 7.11 Å². The van der Waals surface area contributed by atoms with Crippen LogP contribution in [0.25, 0.3) is 0 Å². The average molecular weight is 382 g/mol. The SMILES string of the molecule is COc1ccc(C(=O)OCC(=O)N(C)Cc2c(F)cccc2Cl)c(O)c1. The van der Waals surface area contributed by atoms with Crippen LogP contribution in [0.2, 0.25) is 5.02 Å². The number of carbonyl (C=O) groups excluding carboxylic acids is 2. The maximum atomic E-state index is 13.8. The van der Waals surface area contributed by atoms with E-state index in [1.165, 1.54) is 55.5 Å². The topological polar surface area (TPSA) is 76.1 Å². The number of methoxy groups -OCH3 is 1. The molecule has 2 aromatic carbocycles. The Morgan fingerprint density at radius 2 is 2.00 bits per heavy atom. The van der Waals surface area contributed by atoms with E-state index in [9.17, 15) is 19.1 Å². The van der Waals surface area contributed by atoms with Crippen molar-refractivity contribution in [1.29, 1.82) is 0 Å². The van der Waals surface area contributed by atoms with Crippen LogP contribution >= 0.6 is 11.6 Å². The van der Waals surface area contributed by atoms with Crippen LogP contribution in [-0.4, -0.2) is 42.6 Å². The number of nitrogens with zero attached hydrogens (tertiary/aromatic N) is 1. The zero-order chi connectivity index (χ0) is 19.3. The van der Waals surface area contributed by atoms with Gasteiger partial charge in [-0.1, -0.05) is 17.7 Å². The number of esters is 1. The molecule has 2 rings (SSSR count). The Morgan fingerprint density at radius 1 is 1.27 bits per heavy atom. The Hall–Kier alpha value is -2.80. The lowest BCUT2D eigenvalue weighted by molar-refractivity contribution is -0.133. The maximum Gasteiger partial charge on any atom is 0.342 e. The Bertz CT molecular complexity index is 807. The monoisotopic (exact) mass is 381 g/mol. The van der Waals surface area contributed by atoms with E-state index in [0.29, 0.717) is 5.75 Å². The molecule has 1 N–H and O–H groups in total. The van der Waals surface area contributed by atoms with Gasteiger partial charge >= 0.3 is 5.97 Å². The van der Waals surface area contributed by atoms with Gasteiger partial charge in [0.25, 0.3) is 5.91 Å². The fourth-order valence-corrected chi connectivity index (χ4v) is 2.36. The van der Waals surface area contributed by atoms with Gasteiger partial charge in [-0.3, -0.25) is 4.79 Å². The van der Waals surface area contributed by atoms with Crippen molar-refractivity contribution in [1.82, 2.24) is 4.90 Å². The van der Waals surface area contributed by atoms with Gasteiger partial charge in [0.15, 0.2) is 6.61 Å². The van der Waals surface area contributed by atoms with E-state index >= 15 is 0 Å². The number of amides is 1. The Labute approximate surface area is 154 Å². The Kier molecular flexibility index (Phi) is 6.41. The van der Waals surface area contributed by atoms with Gasteiger partial charge in [-0.05, 0) is 24.3 Å². The molecular formula is C18H17ClFNO5. The summed E-state index contributed by atoms with van der Waals surface area (Å²) in [6, 6.07) is 8.28. The zero-order valence-electron chi connectivity index (χ0n) is 14.2. The highest BCUT2D eigenvalue weighted by Gasteiger charge is 2.18. The number of phenolic OH excluding ortho intramolecular Hbond substituents is 1. The number of ether oxygens (including phenoxy) is 2. The minimum absolute atomic E-state index is 0.0737. The molecule has 0 saturated carbocycles. The van der Waals surface area contributed by atoms with Crippen molar-refractivity contribution in [2.75, 3.05) is 20.8 Å². The summed E-state index contributed by atoms with van der Waals surface area (Å²) in [6.45, 7) is -0.636. The molecule has 8 heteroatoms. The fourth-order valence-electron chi connectivity index (χ4n) is 2.14. The molecule has 0 radical (unpaired) electrons. The number of aromatic hydroxyl groups is 1. The third kappa shape index (κ3) is 4.64. The average Bonchev–Trinajstić information content (AvgIpc) is 2.62. The second kappa shape index (κ2) is 8.53. The number of benzene rings is 2. The van der Waals surface area contributed by atoms with Crippen LogP contribution in [0, 0.1) is 5.82 Å². The molecule has 0 unspecified atom stereocenters. The number of hydrogen-bond donors (Lipinski definition) is 1. The van der Waals surface area contributed by atoms with E-state index in [1.54, 1.807) is 0 Å². The van der Waals surface area contributed by atoms with Crippen molar-refractivity contribution in [2.45, 2.75) is 6.54 Å². The van der Waals surface area contributed by atoms with Crippen molar-refractivity contribution >= 4 is 23.5 Å². The lowest BCUT2D eigenvalue weighted by Gasteiger charge is -2.18. The van der Waals surface area contributed by atoms with Gasteiger partial charge in [-0.25, -0.2) is 9.18 Å². The standard InChI is InChI=1S/C18H17ClFNO5/c1-21(9-13-14(19)4-3-5-15(13)20)17(23)10-26-18(24)12-7-6-11(25-2)8-16(12)22/h3-8,22H,9-10H2,1-2H3. The lowest BCUT2D eigenvalue weighted by atomic mass is 10.2. The van der Waals surface area contributed by atoms with Gasteiger partial charge in [0.1, 0.15) is 22.9 Å². The third-order valence-corrected chi connectivity index (χ3v) is 3.99. The second-order valence-corrected chi connectivity index (χ2v) is 5.82. The smallest absolute Gasteiger partial charge is 0.342 e. The van der Waals surface area contributed by atoms with Gasteiger partial charge in [0.2, 0.25) is 0 Å². The molecule has 0 aliphatic heterocycles. The first-order valence-electron chi connectivity index (χ1n) is 7.54. The summed E-state index contributed by atoms with van der Waals surface area (Å²) in [5.41, 5.74) is 0.0718. The first-order chi connectivity index (χ1) is 12.3. The number of likely N-dealkylation sites (N-methyl/N-ethyl adjacent to an activating group) is 1. The van der Waals surface area contributed by atoms with Crippen molar-refractivity contribution < 1.29 is 28.6 Å². The number of hydrogen-bond acceptors (Lipinski definition) is 5. The van der Waals surface area contributed by atoms with Crippen LogP contribution in [0.1, 0.15) is 15.9 Å². The van der Waals surface area contributed by atoms with E-state index in [1.807, 2.05) is 0 Å². The number of rotatable bonds is 6. The van der Waals surface area contributed by atoms with E-state index < -0.39 is 24.3 Å². The fraction of sp³-hybridized carbons (Fsp3) is 0.222. The van der Waals surface area contributed by atoms with Gasteiger partial charge in [-0.15, -0.1) is 0 Å². The second-order valence-electron chi connectivity index (χ2n) is 5.41. The molecular weight excluding hydrogens is 365 g/mol. The highest BCUT2D eigenvalue weighted by molar-refractivity contribution is 6.31. The minimum Gasteiger partial charge on any atom is -0.507 e. The van der Waals surface area contributed by atoms with Gasteiger partial charge < -0.3 is 19.5 Å². The van der Waals surface area contributed by atoms with E-state index in [-0.39, 0.29) is 28.4 Å². The van der Waals surface area contributed by atoms with Crippen LogP contribution in [0.3, 0.4) is 0 Å². The Balaban J connectivity index is 1.96. The summed E-state index contributed by atoms with van der Waals surface area (Å²) in [5, 5.41) is 9.99. The minimum atomic E-state index is -0.865. The quantitative estimate of drug-likeness (QED) is 0.778. The molecule has 0 aliphatic carbocycles. The molecule has 0 bridgehead atoms. The highest BCUT2D eigenvalue weighted by Crippen LogP contribution is 2.24. The summed E-state index contributed by atoms with van der Waals surface area (Å²) in [7, 11) is 2.85. The third-order valence-electron chi connectivity index (χ3n) is 3.63. The zero-order valence-corrected chi connectivity index (χ0v) is 14.9. The first kappa shape index (κ1) is 19.5. The summed E-state index contributed by atoms with van der Waals surface area (Å²) in [5.74, 6) is -1.90. The number of phenols is 1. The molecule has 26 heavy (non-hydrogen) atoms. The molecule has 0 fully saturated rings. The van der Waals surface area contributed by atoms with Crippen LogP contribution in [0.4, 0.5) is 4.39 Å². The molecule has 0 aliphatic rings. The Morgan fingerprint density at radius 3 is 2.62 bits per heavy atom. The predicted octanol–water partition coefficient (Wildman–Crippen LogP) is 3.01. The van der Waals surface area contributed by atoms with Crippen LogP contribution in [-0.2, 0) is 16.1 Å². The molecule has 0 atom stereocenters. The van der Waals surface area contributed by atoms with Crippen LogP contribution < -0.4 is 4.74 Å². The summed E-state index contributed by atoms with van der Waals surface area (Å²) in [4.78, 5) is 25.3. The summed E-state index contributed by atoms with van der Waals surface area (Å²) >= 11 is 5.93. The largest absolute Gasteiger partial charge is 0.507 e. The maximum absolute atomic E-state index is 13.8. The van der Waals surface area contributed by atoms with Gasteiger partial charge in [-0.2, -0.15) is 0 Å². The number of halogens is 2. The van der Waals surface area contributed by atoms with Crippen LogP contribution in [0.5, 0.6) is 11.5 Å². The molecule has 0 saturated heterocycles. The van der Waals surface area contributed by atoms with Gasteiger partial charge in [0, 0.05) is 30.2 Å². The van der Waals surface area contributed by atoms with Crippen molar-refractivity contribution in [3.8, 4) is 11.5 Å². The normalized spacial score (nSPS) is 10.3. The number of carbonyl (C=O) groups is 2. The highest BCUT2D eigenvalue weighted by atomic mass is 35.5. The lowest BCUT2D eigenvalue weighted by Crippen LogP contribution is -2.31. The van der Waals surface area contributed by atoms with E-state index in [4.69, 9.17) is 21.1 Å². The van der Waals surface area contributed by atoms with Crippen LogP contribution in [0.15, 0.2) is 36.4 Å². The molecule has 0 aromatic heterocycles. The molecule has 2 aromatic rings. The summed E-state index contributed by atoms with van der Waals surface area (Å²) < 4.78 is 23.6. The molecule has 138 valence electrons. The molecule has 1 amide bonds. The van der Waals surface area contributed by atoms with E-state index in [2.05, 4.69) is 0 Å². The molecule has 0 heterocycles. The van der Waals surface area contributed by atoms with Crippen molar-refractivity contribution in [3.63, 3.8) is 0 Å². The first-order valence-corrected chi connectivity index (χ1v) is 7.92.